The van der Waals surface area contributed by atoms with Gasteiger partial charge in [-0.2, -0.15) is 18.4 Å². The lowest BCUT2D eigenvalue weighted by Crippen LogP contribution is -2.14. The Balaban J connectivity index is 1.83. The molecule has 0 bridgehead atoms. The van der Waals surface area contributed by atoms with Gasteiger partial charge < -0.3 is 10.1 Å². The predicted octanol–water partition coefficient (Wildman–Crippen LogP) is 7.79. The number of amides is 1. The minimum absolute atomic E-state index is 0.108. The molecule has 3 rings (SSSR count). The Hall–Kier alpha value is -3.18. The summed E-state index contributed by atoms with van der Waals surface area (Å²) in [5, 5.41) is 12.9. The van der Waals surface area contributed by atoms with E-state index in [0.717, 1.165) is 23.8 Å². The maximum Gasteiger partial charge on any atom is 0.416 e. The molecule has 0 saturated heterocycles. The highest BCUT2D eigenvalue weighted by molar-refractivity contribution is 6.42. The van der Waals surface area contributed by atoms with Crippen LogP contribution in [0.5, 0.6) is 5.75 Å². The van der Waals surface area contributed by atoms with Crippen LogP contribution in [0.25, 0.3) is 6.08 Å². The summed E-state index contributed by atoms with van der Waals surface area (Å²) in [5.74, 6) is -0.577. The van der Waals surface area contributed by atoms with Crippen LogP contribution < -0.4 is 10.1 Å². The third kappa shape index (κ3) is 6.67. The van der Waals surface area contributed by atoms with E-state index in [1.54, 1.807) is 36.4 Å². The van der Waals surface area contributed by atoms with Crippen molar-refractivity contribution in [3.05, 3.63) is 98.0 Å². The highest BCUT2D eigenvalue weighted by Gasteiger charge is 2.30. The van der Waals surface area contributed by atoms with E-state index >= 15 is 0 Å². The number of anilines is 1. The number of nitrogens with one attached hydrogen (secondary N) is 1. The molecule has 1 N–H and O–H groups in total. The van der Waals surface area contributed by atoms with Gasteiger partial charge in [0, 0.05) is 16.3 Å². The Labute approximate surface area is 208 Å². The standard InChI is InChI=1S/C24H14Cl3F3N2O2/c25-18-5-7-22(34-13-14-4-6-20(26)21(27)8-14)15(10-18)9-16(12-31)23(33)32-19-3-1-2-17(11-19)24(28,29)30/h1-11H,13H2,(H,32,33)/b16-9+. The predicted molar refractivity (Wildman–Crippen MR) is 126 cm³/mol. The number of halogens is 6. The molecule has 10 heteroatoms. The zero-order valence-corrected chi connectivity index (χ0v) is 19.4. The molecule has 0 saturated carbocycles. The SMILES string of the molecule is N#C/C(=C\c1cc(Cl)ccc1OCc1ccc(Cl)c(Cl)c1)C(=O)Nc1cccc(C(F)(F)F)c1. The van der Waals surface area contributed by atoms with Gasteiger partial charge in [-0.15, -0.1) is 0 Å². The third-order valence-electron chi connectivity index (χ3n) is 4.46. The van der Waals surface area contributed by atoms with Crippen LogP contribution >= 0.6 is 34.8 Å². The van der Waals surface area contributed by atoms with Gasteiger partial charge in [-0.1, -0.05) is 46.9 Å². The van der Waals surface area contributed by atoms with Gasteiger partial charge in [-0.25, -0.2) is 0 Å². The molecule has 1 amide bonds. The first-order valence-electron chi connectivity index (χ1n) is 9.53. The molecule has 0 heterocycles. The maximum atomic E-state index is 12.9. The van der Waals surface area contributed by atoms with Crippen molar-refractivity contribution in [1.29, 1.82) is 5.26 Å². The van der Waals surface area contributed by atoms with Gasteiger partial charge >= 0.3 is 6.18 Å². The van der Waals surface area contributed by atoms with Crippen molar-refractivity contribution in [3.8, 4) is 11.8 Å². The van der Waals surface area contributed by atoms with E-state index in [4.69, 9.17) is 39.5 Å². The van der Waals surface area contributed by atoms with Gasteiger partial charge in [-0.3, -0.25) is 4.79 Å². The van der Waals surface area contributed by atoms with Crippen LogP contribution in [0.15, 0.2) is 66.2 Å². The Morgan fingerprint density at radius 1 is 1.03 bits per heavy atom. The first-order valence-corrected chi connectivity index (χ1v) is 10.7. The molecule has 34 heavy (non-hydrogen) atoms. The highest BCUT2D eigenvalue weighted by atomic mass is 35.5. The van der Waals surface area contributed by atoms with Gasteiger partial charge in [0.25, 0.3) is 5.91 Å². The molecule has 0 radical (unpaired) electrons. The van der Waals surface area contributed by atoms with Crippen LogP contribution in [0.4, 0.5) is 18.9 Å². The molecule has 3 aromatic carbocycles. The van der Waals surface area contributed by atoms with Gasteiger partial charge in [0.1, 0.15) is 24.0 Å². The van der Waals surface area contributed by atoms with Crippen LogP contribution in [0.1, 0.15) is 16.7 Å². The van der Waals surface area contributed by atoms with Crippen molar-refractivity contribution in [3.63, 3.8) is 0 Å². The van der Waals surface area contributed by atoms with Crippen LogP contribution in [-0.2, 0) is 17.6 Å². The van der Waals surface area contributed by atoms with Gasteiger partial charge in [0.05, 0.1) is 15.6 Å². The second-order valence-electron chi connectivity index (χ2n) is 6.92. The number of ether oxygens (including phenoxy) is 1. The van der Waals surface area contributed by atoms with Gasteiger partial charge in [0.15, 0.2) is 0 Å². The Kier molecular flexibility index (Phi) is 8.11. The summed E-state index contributed by atoms with van der Waals surface area (Å²) in [6, 6.07) is 15.4. The van der Waals surface area contributed by atoms with Crippen molar-refractivity contribution in [2.75, 3.05) is 5.32 Å². The fourth-order valence-corrected chi connectivity index (χ4v) is 3.33. The maximum absolute atomic E-state index is 12.9. The summed E-state index contributed by atoms with van der Waals surface area (Å²) in [6.45, 7) is 0.109. The minimum atomic E-state index is -4.57. The highest BCUT2D eigenvalue weighted by Crippen LogP contribution is 2.31. The summed E-state index contributed by atoms with van der Waals surface area (Å²) in [7, 11) is 0. The summed E-state index contributed by atoms with van der Waals surface area (Å²) in [5.41, 5.74) is -0.353. The monoisotopic (exact) mass is 524 g/mol. The largest absolute Gasteiger partial charge is 0.488 e. The fraction of sp³-hybridized carbons (Fsp3) is 0.0833. The molecular weight excluding hydrogens is 512 g/mol. The Morgan fingerprint density at radius 3 is 2.47 bits per heavy atom. The van der Waals surface area contributed by atoms with Crippen LogP contribution in [0.3, 0.4) is 0 Å². The lowest BCUT2D eigenvalue weighted by Gasteiger charge is -2.12. The van der Waals surface area contributed by atoms with Gasteiger partial charge in [0.2, 0.25) is 0 Å². The lowest BCUT2D eigenvalue weighted by molar-refractivity contribution is -0.137. The van der Waals surface area contributed by atoms with Crippen molar-refractivity contribution in [1.82, 2.24) is 0 Å². The number of hydrogen-bond acceptors (Lipinski definition) is 3. The average molecular weight is 526 g/mol. The van der Waals surface area contributed by atoms with E-state index in [0.29, 0.717) is 26.4 Å². The molecule has 0 spiro atoms. The zero-order chi connectivity index (χ0) is 24.9. The average Bonchev–Trinajstić information content (AvgIpc) is 2.78. The number of alkyl halides is 3. The molecule has 0 aliphatic heterocycles. The van der Waals surface area contributed by atoms with Crippen molar-refractivity contribution in [2.45, 2.75) is 12.8 Å². The van der Waals surface area contributed by atoms with Gasteiger partial charge in [-0.05, 0) is 60.2 Å². The summed E-state index contributed by atoms with van der Waals surface area (Å²) < 4.78 is 44.6. The zero-order valence-electron chi connectivity index (χ0n) is 17.1. The molecule has 0 unspecified atom stereocenters. The van der Waals surface area contributed by atoms with E-state index in [1.807, 2.05) is 0 Å². The van der Waals surface area contributed by atoms with Crippen molar-refractivity contribution < 1.29 is 22.7 Å². The van der Waals surface area contributed by atoms with E-state index in [-0.39, 0.29) is 17.9 Å². The topological polar surface area (TPSA) is 62.1 Å². The quantitative estimate of drug-likeness (QED) is 0.264. The molecular formula is C24H14Cl3F3N2O2. The van der Waals surface area contributed by atoms with Crippen LogP contribution in [0.2, 0.25) is 15.1 Å². The van der Waals surface area contributed by atoms with Crippen molar-refractivity contribution >= 4 is 52.5 Å². The van der Waals surface area contributed by atoms with Crippen molar-refractivity contribution in [2.24, 2.45) is 0 Å². The number of rotatable bonds is 6. The molecule has 174 valence electrons. The molecule has 0 aliphatic rings. The summed E-state index contributed by atoms with van der Waals surface area (Å²) >= 11 is 18.0. The molecule has 0 fully saturated rings. The normalized spacial score (nSPS) is 11.6. The minimum Gasteiger partial charge on any atom is -0.488 e. The molecule has 0 aromatic heterocycles. The fourth-order valence-electron chi connectivity index (χ4n) is 2.83. The van der Waals surface area contributed by atoms with E-state index in [1.165, 1.54) is 18.2 Å². The first-order chi connectivity index (χ1) is 16.1. The number of carbonyl (C=O) groups is 1. The summed E-state index contributed by atoms with van der Waals surface area (Å²) in [6.07, 6.45) is -3.34. The number of carbonyl (C=O) groups excluding carboxylic acids is 1. The van der Waals surface area contributed by atoms with Crippen LogP contribution in [-0.4, -0.2) is 5.91 Å². The summed E-state index contributed by atoms with van der Waals surface area (Å²) in [4.78, 5) is 12.6. The van der Waals surface area contributed by atoms with E-state index < -0.39 is 17.6 Å². The van der Waals surface area contributed by atoms with Crippen LogP contribution in [0, 0.1) is 11.3 Å². The molecule has 0 aliphatic carbocycles. The number of hydrogen-bond donors (Lipinski definition) is 1. The first kappa shape index (κ1) is 25.4. The molecule has 4 nitrogen and oxygen atoms in total. The molecule has 0 atom stereocenters. The number of nitriles is 1. The Morgan fingerprint density at radius 2 is 1.79 bits per heavy atom. The second kappa shape index (κ2) is 10.8. The molecule has 3 aromatic rings. The third-order valence-corrected chi connectivity index (χ3v) is 5.44. The lowest BCUT2D eigenvalue weighted by atomic mass is 10.1. The van der Waals surface area contributed by atoms with E-state index in [2.05, 4.69) is 5.32 Å². The van der Waals surface area contributed by atoms with E-state index in [9.17, 15) is 23.2 Å². The second-order valence-corrected chi connectivity index (χ2v) is 8.17. The Bertz CT molecular complexity index is 1300. The smallest absolute Gasteiger partial charge is 0.416 e. The number of benzene rings is 3. The number of nitrogens with zero attached hydrogens (tertiary/aromatic N) is 1.